The van der Waals surface area contributed by atoms with E-state index in [0.29, 0.717) is 11.4 Å². The maximum Gasteiger partial charge on any atom is 0.289 e. The summed E-state index contributed by atoms with van der Waals surface area (Å²) in [4.78, 5) is 12.4. The predicted molar refractivity (Wildman–Crippen MR) is 131 cm³/mol. The standard InChI is InChI=1S/C25H34N6O2/c1-5-6-7-8-9-10-15-33-21-13-11-20(12-14-21)23-16-24(28-27-23)25(32)29-26-17-22-18(2)30-31(4)19(22)3/h11-14,16-17H,5-10,15H2,1-4H3,(H,27,28)(H,29,32)/b26-17+. The van der Waals surface area contributed by atoms with Crippen LogP contribution in [0.5, 0.6) is 5.75 Å². The number of aryl methyl sites for hydroxylation is 2. The summed E-state index contributed by atoms with van der Waals surface area (Å²) >= 11 is 0. The van der Waals surface area contributed by atoms with E-state index in [-0.39, 0.29) is 5.91 Å². The second-order valence-corrected chi connectivity index (χ2v) is 8.21. The van der Waals surface area contributed by atoms with Crippen LogP contribution >= 0.6 is 0 Å². The van der Waals surface area contributed by atoms with Gasteiger partial charge >= 0.3 is 0 Å². The molecule has 0 saturated heterocycles. The Hall–Kier alpha value is -3.42. The Kier molecular flexibility index (Phi) is 8.80. The Morgan fingerprint density at radius 2 is 1.88 bits per heavy atom. The number of nitrogens with zero attached hydrogens (tertiary/aromatic N) is 4. The van der Waals surface area contributed by atoms with Crippen molar-refractivity contribution in [2.45, 2.75) is 59.3 Å². The van der Waals surface area contributed by atoms with Crippen molar-refractivity contribution in [2.24, 2.45) is 12.1 Å². The van der Waals surface area contributed by atoms with Gasteiger partial charge in [0.05, 0.1) is 24.2 Å². The molecule has 0 aliphatic heterocycles. The van der Waals surface area contributed by atoms with Gasteiger partial charge in [-0.15, -0.1) is 0 Å². The lowest BCUT2D eigenvalue weighted by molar-refractivity contribution is 0.0950. The van der Waals surface area contributed by atoms with Crippen LogP contribution in [0, 0.1) is 13.8 Å². The Balaban J connectivity index is 1.49. The number of carbonyl (C=O) groups is 1. The normalized spacial score (nSPS) is 11.3. The fourth-order valence-electron chi connectivity index (χ4n) is 3.57. The number of unbranched alkanes of at least 4 members (excludes halogenated alkanes) is 5. The van der Waals surface area contributed by atoms with Crippen LogP contribution in [0.3, 0.4) is 0 Å². The molecule has 176 valence electrons. The Morgan fingerprint density at radius 3 is 2.58 bits per heavy atom. The van der Waals surface area contributed by atoms with Gasteiger partial charge in [0.15, 0.2) is 0 Å². The average molecular weight is 451 g/mol. The molecule has 0 unspecified atom stereocenters. The Labute approximate surface area is 195 Å². The summed E-state index contributed by atoms with van der Waals surface area (Å²) < 4.78 is 7.61. The quantitative estimate of drug-likeness (QED) is 0.232. The SMILES string of the molecule is CCCCCCCCOc1ccc(-c2cc(C(=O)N/N=C/c3c(C)nn(C)c3C)[nH]n2)cc1. The van der Waals surface area contributed by atoms with Crippen molar-refractivity contribution < 1.29 is 9.53 Å². The minimum absolute atomic E-state index is 0.338. The summed E-state index contributed by atoms with van der Waals surface area (Å²) in [6.07, 6.45) is 9.07. The second kappa shape index (κ2) is 12.0. The summed E-state index contributed by atoms with van der Waals surface area (Å²) in [5.74, 6) is 0.485. The number of amides is 1. The molecular formula is C25H34N6O2. The average Bonchev–Trinajstić information content (AvgIpc) is 3.39. The molecule has 2 N–H and O–H groups in total. The van der Waals surface area contributed by atoms with Crippen LogP contribution in [-0.4, -0.2) is 38.7 Å². The van der Waals surface area contributed by atoms with Crippen LogP contribution in [0.15, 0.2) is 35.4 Å². The van der Waals surface area contributed by atoms with Crippen molar-refractivity contribution in [3.8, 4) is 17.0 Å². The minimum atomic E-state index is -0.358. The summed E-state index contributed by atoms with van der Waals surface area (Å²) in [6.45, 7) is 6.82. The zero-order valence-corrected chi connectivity index (χ0v) is 20.0. The van der Waals surface area contributed by atoms with Crippen molar-refractivity contribution in [1.82, 2.24) is 25.4 Å². The highest BCUT2D eigenvalue weighted by Crippen LogP contribution is 2.21. The molecule has 33 heavy (non-hydrogen) atoms. The van der Waals surface area contributed by atoms with E-state index in [2.05, 4.69) is 32.7 Å². The minimum Gasteiger partial charge on any atom is -0.494 e. The molecule has 0 aliphatic rings. The van der Waals surface area contributed by atoms with Gasteiger partial charge in [0.1, 0.15) is 11.4 Å². The number of ether oxygens (including phenoxy) is 1. The molecule has 3 aromatic rings. The van der Waals surface area contributed by atoms with Crippen molar-refractivity contribution in [2.75, 3.05) is 6.61 Å². The number of nitrogens with one attached hydrogen (secondary N) is 2. The van der Waals surface area contributed by atoms with E-state index in [1.807, 2.05) is 45.2 Å². The highest BCUT2D eigenvalue weighted by atomic mass is 16.5. The molecule has 0 spiro atoms. The van der Waals surface area contributed by atoms with E-state index >= 15 is 0 Å². The molecule has 0 radical (unpaired) electrons. The van der Waals surface area contributed by atoms with E-state index in [4.69, 9.17) is 4.74 Å². The van der Waals surface area contributed by atoms with Crippen LogP contribution in [0.25, 0.3) is 11.3 Å². The zero-order valence-electron chi connectivity index (χ0n) is 20.0. The highest BCUT2D eigenvalue weighted by Gasteiger charge is 2.11. The molecule has 3 rings (SSSR count). The first kappa shape index (κ1) is 24.2. The lowest BCUT2D eigenvalue weighted by Gasteiger charge is -2.06. The van der Waals surface area contributed by atoms with Gasteiger partial charge < -0.3 is 4.74 Å². The Morgan fingerprint density at radius 1 is 1.15 bits per heavy atom. The van der Waals surface area contributed by atoms with E-state index in [0.717, 1.165) is 41.3 Å². The third-order valence-electron chi connectivity index (χ3n) is 5.66. The van der Waals surface area contributed by atoms with E-state index in [1.165, 1.54) is 32.1 Å². The molecule has 1 aromatic carbocycles. The van der Waals surface area contributed by atoms with E-state index in [1.54, 1.807) is 17.0 Å². The number of H-pyrrole nitrogens is 1. The van der Waals surface area contributed by atoms with Gasteiger partial charge in [-0.25, -0.2) is 5.43 Å². The molecule has 0 bridgehead atoms. The number of rotatable bonds is 12. The highest BCUT2D eigenvalue weighted by molar-refractivity contribution is 5.94. The number of hydrogen-bond donors (Lipinski definition) is 2. The second-order valence-electron chi connectivity index (χ2n) is 8.21. The van der Waals surface area contributed by atoms with Crippen LogP contribution in [0.4, 0.5) is 0 Å². The monoisotopic (exact) mass is 450 g/mol. The Bertz CT molecular complexity index is 1070. The third-order valence-corrected chi connectivity index (χ3v) is 5.66. The zero-order chi connectivity index (χ0) is 23.6. The molecular weight excluding hydrogens is 416 g/mol. The van der Waals surface area contributed by atoms with Gasteiger partial charge in [0.2, 0.25) is 0 Å². The molecule has 0 aliphatic carbocycles. The maximum atomic E-state index is 12.4. The molecule has 1 amide bonds. The summed E-state index contributed by atoms with van der Waals surface area (Å²) in [5.41, 5.74) is 7.19. The first-order valence-electron chi connectivity index (χ1n) is 11.6. The van der Waals surface area contributed by atoms with Crippen LogP contribution in [0.1, 0.15) is 72.9 Å². The molecule has 0 atom stereocenters. The molecule has 0 saturated carbocycles. The summed E-state index contributed by atoms with van der Waals surface area (Å²) in [5, 5.41) is 15.4. The number of aromatic amines is 1. The summed E-state index contributed by atoms with van der Waals surface area (Å²) in [7, 11) is 1.87. The number of carbonyl (C=O) groups excluding carboxylic acids is 1. The molecule has 2 heterocycles. The van der Waals surface area contributed by atoms with Crippen molar-refractivity contribution in [1.29, 1.82) is 0 Å². The fourth-order valence-corrected chi connectivity index (χ4v) is 3.57. The molecule has 0 fully saturated rings. The van der Waals surface area contributed by atoms with E-state index in [9.17, 15) is 4.79 Å². The number of benzene rings is 1. The van der Waals surface area contributed by atoms with Gasteiger partial charge in [0, 0.05) is 23.9 Å². The molecule has 2 aromatic heterocycles. The van der Waals surface area contributed by atoms with Crippen molar-refractivity contribution >= 4 is 12.1 Å². The topological polar surface area (TPSA) is 97.2 Å². The predicted octanol–water partition coefficient (Wildman–Crippen LogP) is 4.93. The third kappa shape index (κ3) is 6.78. The van der Waals surface area contributed by atoms with Crippen LogP contribution in [-0.2, 0) is 7.05 Å². The first-order valence-corrected chi connectivity index (χ1v) is 11.6. The van der Waals surface area contributed by atoms with Gasteiger partial charge in [-0.05, 0) is 50.6 Å². The van der Waals surface area contributed by atoms with Crippen molar-refractivity contribution in [3.05, 3.63) is 53.0 Å². The maximum absolute atomic E-state index is 12.4. The van der Waals surface area contributed by atoms with Crippen LogP contribution < -0.4 is 10.2 Å². The first-order chi connectivity index (χ1) is 16.0. The fraction of sp³-hybridized carbons (Fsp3) is 0.440. The van der Waals surface area contributed by atoms with Crippen molar-refractivity contribution in [3.63, 3.8) is 0 Å². The lowest BCUT2D eigenvalue weighted by Crippen LogP contribution is -2.18. The van der Waals surface area contributed by atoms with Gasteiger partial charge in [-0.3, -0.25) is 14.6 Å². The van der Waals surface area contributed by atoms with Gasteiger partial charge in [-0.1, -0.05) is 39.0 Å². The number of hydrazone groups is 1. The molecule has 8 heteroatoms. The summed E-state index contributed by atoms with van der Waals surface area (Å²) in [6, 6.07) is 9.46. The lowest BCUT2D eigenvalue weighted by atomic mass is 10.1. The number of aromatic nitrogens is 4. The van der Waals surface area contributed by atoms with Gasteiger partial charge in [-0.2, -0.15) is 15.3 Å². The van der Waals surface area contributed by atoms with Crippen LogP contribution in [0.2, 0.25) is 0 Å². The largest absolute Gasteiger partial charge is 0.494 e. The smallest absolute Gasteiger partial charge is 0.289 e. The molecule has 8 nitrogen and oxygen atoms in total. The van der Waals surface area contributed by atoms with Gasteiger partial charge in [0.25, 0.3) is 5.91 Å². The van der Waals surface area contributed by atoms with E-state index < -0.39 is 0 Å². The number of hydrogen-bond acceptors (Lipinski definition) is 5.